The third-order valence-corrected chi connectivity index (χ3v) is 3.55. The molecule has 0 atom stereocenters. The van der Waals surface area contributed by atoms with E-state index in [0.717, 1.165) is 5.92 Å². The Morgan fingerprint density at radius 1 is 1.31 bits per heavy atom. The minimum atomic E-state index is 0.236. The monoisotopic (exact) mass is 241 g/mol. The molecule has 0 aromatic heterocycles. The molecule has 1 rings (SSSR count). The molecule has 0 aliphatic heterocycles. The standard InChI is InChI=1S/C12H23N3S/c1-12(2,3)10-6-4-9(5-7-10)8-14-15-11(13)16/h8-10H,4-7H2,1-3H3,(H3,13,15,16). The Balaban J connectivity index is 2.32. The van der Waals surface area contributed by atoms with Crippen LogP contribution < -0.4 is 11.2 Å². The first kappa shape index (κ1) is 13.4. The van der Waals surface area contributed by atoms with Gasteiger partial charge in [0.05, 0.1) is 0 Å². The molecule has 0 saturated heterocycles. The normalized spacial score (nSPS) is 26.9. The molecule has 0 aromatic carbocycles. The molecule has 0 radical (unpaired) electrons. The molecule has 92 valence electrons. The second-order valence-electron chi connectivity index (χ2n) is 5.73. The second kappa shape index (κ2) is 5.62. The molecule has 0 unspecified atom stereocenters. The fraction of sp³-hybridized carbons (Fsp3) is 0.833. The van der Waals surface area contributed by atoms with E-state index in [0.29, 0.717) is 11.3 Å². The minimum Gasteiger partial charge on any atom is -0.375 e. The summed E-state index contributed by atoms with van der Waals surface area (Å²) in [6.45, 7) is 7.00. The van der Waals surface area contributed by atoms with Crippen molar-refractivity contribution in [3.8, 4) is 0 Å². The van der Waals surface area contributed by atoms with Crippen molar-refractivity contribution in [2.75, 3.05) is 0 Å². The van der Waals surface area contributed by atoms with Gasteiger partial charge < -0.3 is 5.73 Å². The Hall–Kier alpha value is -0.640. The summed E-state index contributed by atoms with van der Waals surface area (Å²) in [7, 11) is 0. The minimum absolute atomic E-state index is 0.236. The van der Waals surface area contributed by atoms with E-state index in [1.165, 1.54) is 25.7 Å². The molecule has 0 aromatic rings. The summed E-state index contributed by atoms with van der Waals surface area (Å²) in [5, 5.41) is 4.28. The van der Waals surface area contributed by atoms with Gasteiger partial charge in [-0.15, -0.1) is 0 Å². The first-order chi connectivity index (χ1) is 7.39. The Morgan fingerprint density at radius 2 is 1.88 bits per heavy atom. The molecular formula is C12H23N3S. The van der Waals surface area contributed by atoms with E-state index < -0.39 is 0 Å². The SMILES string of the molecule is CC(C)(C)C1CCC(C=NNC(N)=S)CC1. The van der Waals surface area contributed by atoms with E-state index >= 15 is 0 Å². The summed E-state index contributed by atoms with van der Waals surface area (Å²) in [4.78, 5) is 0. The zero-order valence-electron chi connectivity index (χ0n) is 10.5. The van der Waals surface area contributed by atoms with E-state index in [1.807, 2.05) is 6.21 Å². The molecule has 0 bridgehead atoms. The molecular weight excluding hydrogens is 218 g/mol. The molecule has 3 nitrogen and oxygen atoms in total. The highest BCUT2D eigenvalue weighted by atomic mass is 32.1. The van der Waals surface area contributed by atoms with Gasteiger partial charge in [0.15, 0.2) is 5.11 Å². The van der Waals surface area contributed by atoms with Gasteiger partial charge in [0.1, 0.15) is 0 Å². The summed E-state index contributed by atoms with van der Waals surface area (Å²) in [5.41, 5.74) is 8.35. The van der Waals surface area contributed by atoms with Gasteiger partial charge in [-0.05, 0) is 55.2 Å². The van der Waals surface area contributed by atoms with Gasteiger partial charge in [0.2, 0.25) is 0 Å². The van der Waals surface area contributed by atoms with E-state index in [9.17, 15) is 0 Å². The van der Waals surface area contributed by atoms with E-state index in [-0.39, 0.29) is 5.11 Å². The van der Waals surface area contributed by atoms with E-state index in [1.54, 1.807) is 0 Å². The van der Waals surface area contributed by atoms with Gasteiger partial charge in [-0.3, -0.25) is 5.43 Å². The number of rotatable bonds is 2. The molecule has 1 aliphatic carbocycles. The number of hydrazone groups is 1. The number of thiocarbonyl (C=S) groups is 1. The van der Waals surface area contributed by atoms with Crippen molar-refractivity contribution in [1.82, 2.24) is 5.43 Å². The Morgan fingerprint density at radius 3 is 2.31 bits per heavy atom. The molecule has 1 saturated carbocycles. The molecule has 0 amide bonds. The smallest absolute Gasteiger partial charge is 0.184 e. The number of hydrogen-bond donors (Lipinski definition) is 2. The number of nitrogens with zero attached hydrogens (tertiary/aromatic N) is 1. The van der Waals surface area contributed by atoms with Crippen LogP contribution in [0.15, 0.2) is 5.10 Å². The summed E-state index contributed by atoms with van der Waals surface area (Å²) in [6, 6.07) is 0. The van der Waals surface area contributed by atoms with Crippen LogP contribution in [-0.4, -0.2) is 11.3 Å². The second-order valence-corrected chi connectivity index (χ2v) is 6.17. The summed E-state index contributed by atoms with van der Waals surface area (Å²) in [5.74, 6) is 1.43. The topological polar surface area (TPSA) is 50.4 Å². The maximum Gasteiger partial charge on any atom is 0.184 e. The van der Waals surface area contributed by atoms with Crippen molar-refractivity contribution < 1.29 is 0 Å². The van der Waals surface area contributed by atoms with Gasteiger partial charge in [-0.2, -0.15) is 5.10 Å². The lowest BCUT2D eigenvalue weighted by atomic mass is 9.70. The maximum absolute atomic E-state index is 5.29. The fourth-order valence-corrected chi connectivity index (χ4v) is 2.39. The van der Waals surface area contributed by atoms with Crippen molar-refractivity contribution in [2.24, 2.45) is 28.1 Å². The van der Waals surface area contributed by atoms with Crippen LogP contribution in [0.3, 0.4) is 0 Å². The highest BCUT2D eigenvalue weighted by molar-refractivity contribution is 7.80. The quantitative estimate of drug-likeness (QED) is 0.444. The van der Waals surface area contributed by atoms with Gasteiger partial charge in [0, 0.05) is 6.21 Å². The Labute approximate surface area is 104 Å². The van der Waals surface area contributed by atoms with Crippen LogP contribution in [0.1, 0.15) is 46.5 Å². The molecule has 0 spiro atoms. The van der Waals surface area contributed by atoms with Crippen LogP contribution in [0.25, 0.3) is 0 Å². The average molecular weight is 241 g/mol. The molecule has 0 heterocycles. The maximum atomic E-state index is 5.29. The highest BCUT2D eigenvalue weighted by Gasteiger charge is 2.28. The largest absolute Gasteiger partial charge is 0.375 e. The van der Waals surface area contributed by atoms with Crippen molar-refractivity contribution in [3.63, 3.8) is 0 Å². The number of hydrogen-bond acceptors (Lipinski definition) is 2. The molecule has 3 N–H and O–H groups in total. The third kappa shape index (κ3) is 4.47. The molecule has 16 heavy (non-hydrogen) atoms. The van der Waals surface area contributed by atoms with Crippen LogP contribution in [0.2, 0.25) is 0 Å². The summed E-state index contributed by atoms with van der Waals surface area (Å²) in [6.07, 6.45) is 7.01. The van der Waals surface area contributed by atoms with Crippen molar-refractivity contribution in [3.05, 3.63) is 0 Å². The zero-order chi connectivity index (χ0) is 12.2. The summed E-state index contributed by atoms with van der Waals surface area (Å²) < 4.78 is 0. The Kier molecular flexibility index (Phi) is 4.71. The number of nitrogens with one attached hydrogen (secondary N) is 1. The Bertz CT molecular complexity index is 260. The lowest BCUT2D eigenvalue weighted by molar-refractivity contribution is 0.168. The van der Waals surface area contributed by atoms with Gasteiger partial charge in [0.25, 0.3) is 0 Å². The number of nitrogens with two attached hydrogens (primary N) is 1. The predicted octanol–water partition coefficient (Wildman–Crippen LogP) is 2.66. The summed E-state index contributed by atoms with van der Waals surface area (Å²) >= 11 is 4.68. The first-order valence-corrected chi connectivity index (χ1v) is 6.39. The predicted molar refractivity (Wildman–Crippen MR) is 73.3 cm³/mol. The van der Waals surface area contributed by atoms with Crippen LogP contribution in [0, 0.1) is 17.3 Å². The zero-order valence-corrected chi connectivity index (χ0v) is 11.3. The lowest BCUT2D eigenvalue weighted by Crippen LogP contribution is -2.27. The van der Waals surface area contributed by atoms with Crippen molar-refractivity contribution >= 4 is 23.5 Å². The lowest BCUT2D eigenvalue weighted by Gasteiger charge is -2.35. The third-order valence-electron chi connectivity index (χ3n) is 3.46. The molecule has 1 aliphatic rings. The van der Waals surface area contributed by atoms with Crippen LogP contribution in [0.4, 0.5) is 0 Å². The van der Waals surface area contributed by atoms with Crippen LogP contribution in [-0.2, 0) is 0 Å². The van der Waals surface area contributed by atoms with Crippen molar-refractivity contribution in [1.29, 1.82) is 0 Å². The molecule has 4 heteroatoms. The van der Waals surface area contributed by atoms with E-state index in [2.05, 4.69) is 43.5 Å². The fourth-order valence-electron chi connectivity index (χ4n) is 2.34. The first-order valence-electron chi connectivity index (χ1n) is 5.98. The van der Waals surface area contributed by atoms with Gasteiger partial charge >= 0.3 is 0 Å². The molecule has 1 fully saturated rings. The van der Waals surface area contributed by atoms with Crippen LogP contribution >= 0.6 is 12.2 Å². The average Bonchev–Trinajstić information content (AvgIpc) is 2.16. The van der Waals surface area contributed by atoms with Crippen LogP contribution in [0.5, 0.6) is 0 Å². The van der Waals surface area contributed by atoms with Gasteiger partial charge in [-0.1, -0.05) is 20.8 Å². The van der Waals surface area contributed by atoms with E-state index in [4.69, 9.17) is 5.73 Å². The van der Waals surface area contributed by atoms with Crippen molar-refractivity contribution in [2.45, 2.75) is 46.5 Å². The highest BCUT2D eigenvalue weighted by Crippen LogP contribution is 2.39. The van der Waals surface area contributed by atoms with Gasteiger partial charge in [-0.25, -0.2) is 0 Å².